The molecule has 3 nitrogen and oxygen atoms in total. The third kappa shape index (κ3) is 2.94. The smallest absolute Gasteiger partial charge is 0.137 e. The molecule has 100 valence electrons. The zero-order valence-corrected chi connectivity index (χ0v) is 12.4. The van der Waals surface area contributed by atoms with E-state index in [1.54, 1.807) is 0 Å². The van der Waals surface area contributed by atoms with Crippen LogP contribution in [0.3, 0.4) is 0 Å². The molecule has 2 atom stereocenters. The predicted octanol–water partition coefficient (Wildman–Crippen LogP) is 4.16. The van der Waals surface area contributed by atoms with Crippen molar-refractivity contribution in [2.24, 2.45) is 5.92 Å². The van der Waals surface area contributed by atoms with E-state index in [0.29, 0.717) is 23.0 Å². The lowest BCUT2D eigenvalue weighted by Gasteiger charge is -2.22. The van der Waals surface area contributed by atoms with Crippen LogP contribution in [-0.2, 0) is 0 Å². The highest BCUT2D eigenvalue weighted by Crippen LogP contribution is 2.39. The second kappa shape index (κ2) is 5.43. The highest BCUT2D eigenvalue weighted by Gasteiger charge is 2.28. The number of anilines is 1. The quantitative estimate of drug-likeness (QED) is 0.814. The number of hydrogen-bond acceptors (Lipinski definition) is 3. The lowest BCUT2D eigenvalue weighted by atomic mass is 10.0. The number of rotatable bonds is 5. The van der Waals surface area contributed by atoms with Gasteiger partial charge in [0.15, 0.2) is 0 Å². The summed E-state index contributed by atoms with van der Waals surface area (Å²) in [5, 5.41) is 4.08. The second-order valence-electron chi connectivity index (χ2n) is 5.44. The maximum Gasteiger partial charge on any atom is 0.137 e. The van der Waals surface area contributed by atoms with Crippen molar-refractivity contribution in [3.8, 4) is 0 Å². The van der Waals surface area contributed by atoms with E-state index in [-0.39, 0.29) is 0 Å². The van der Waals surface area contributed by atoms with Gasteiger partial charge in [0, 0.05) is 17.5 Å². The molecule has 0 amide bonds. The number of halogens is 1. The fourth-order valence-corrected chi connectivity index (χ4v) is 2.06. The van der Waals surface area contributed by atoms with Gasteiger partial charge in [-0.1, -0.05) is 31.9 Å². The van der Waals surface area contributed by atoms with Crippen LogP contribution in [0.4, 0.5) is 5.82 Å². The minimum atomic E-state index is 0.395. The molecule has 1 aliphatic carbocycles. The van der Waals surface area contributed by atoms with Crippen LogP contribution in [0.2, 0.25) is 5.15 Å². The molecule has 2 rings (SSSR count). The maximum absolute atomic E-state index is 6.20. The van der Waals surface area contributed by atoms with E-state index in [1.165, 1.54) is 12.8 Å². The number of nitrogens with zero attached hydrogens (tertiary/aromatic N) is 2. The number of hydrogen-bond donors (Lipinski definition) is 1. The first-order valence-electron chi connectivity index (χ1n) is 6.83. The molecule has 1 heterocycles. The van der Waals surface area contributed by atoms with E-state index >= 15 is 0 Å². The first-order chi connectivity index (χ1) is 8.52. The summed E-state index contributed by atoms with van der Waals surface area (Å²) in [6.45, 7) is 8.63. The van der Waals surface area contributed by atoms with Crippen LogP contribution in [0, 0.1) is 12.8 Å². The summed E-state index contributed by atoms with van der Waals surface area (Å²) < 4.78 is 0. The van der Waals surface area contributed by atoms with Gasteiger partial charge in [-0.25, -0.2) is 9.97 Å². The van der Waals surface area contributed by atoms with Gasteiger partial charge in [0.25, 0.3) is 0 Å². The van der Waals surface area contributed by atoms with Crippen molar-refractivity contribution in [1.82, 2.24) is 9.97 Å². The summed E-state index contributed by atoms with van der Waals surface area (Å²) in [7, 11) is 0. The summed E-state index contributed by atoms with van der Waals surface area (Å²) in [5.41, 5.74) is 0.955. The molecule has 2 unspecified atom stereocenters. The molecule has 0 aromatic carbocycles. The molecule has 1 aromatic rings. The van der Waals surface area contributed by atoms with E-state index in [4.69, 9.17) is 11.6 Å². The van der Waals surface area contributed by atoms with Crippen LogP contribution in [0.25, 0.3) is 0 Å². The first-order valence-corrected chi connectivity index (χ1v) is 7.21. The minimum absolute atomic E-state index is 0.395. The minimum Gasteiger partial charge on any atom is -0.367 e. The fourth-order valence-electron chi connectivity index (χ4n) is 1.88. The van der Waals surface area contributed by atoms with Gasteiger partial charge in [-0.05, 0) is 32.6 Å². The SMILES string of the molecule is CCC(C)C(C)Nc1nc(C2CC2)nc(Cl)c1C. The van der Waals surface area contributed by atoms with Gasteiger partial charge < -0.3 is 5.32 Å². The van der Waals surface area contributed by atoms with Crippen molar-refractivity contribution in [2.45, 2.75) is 58.9 Å². The van der Waals surface area contributed by atoms with E-state index < -0.39 is 0 Å². The van der Waals surface area contributed by atoms with Crippen molar-refractivity contribution in [2.75, 3.05) is 5.32 Å². The average Bonchev–Trinajstić information content (AvgIpc) is 3.17. The highest BCUT2D eigenvalue weighted by atomic mass is 35.5. The summed E-state index contributed by atoms with van der Waals surface area (Å²) in [6, 6.07) is 0.395. The van der Waals surface area contributed by atoms with Crippen molar-refractivity contribution in [3.05, 3.63) is 16.5 Å². The number of nitrogens with one attached hydrogen (secondary N) is 1. The molecule has 1 saturated carbocycles. The maximum atomic E-state index is 6.20. The van der Waals surface area contributed by atoms with Gasteiger partial charge in [-0.2, -0.15) is 0 Å². The molecule has 0 spiro atoms. The lowest BCUT2D eigenvalue weighted by Crippen LogP contribution is -2.24. The Bertz CT molecular complexity index is 429. The van der Waals surface area contributed by atoms with Gasteiger partial charge in [0.1, 0.15) is 16.8 Å². The largest absolute Gasteiger partial charge is 0.367 e. The van der Waals surface area contributed by atoms with Crippen molar-refractivity contribution < 1.29 is 0 Å². The Morgan fingerprint density at radius 2 is 2.00 bits per heavy atom. The van der Waals surface area contributed by atoms with E-state index in [1.807, 2.05) is 6.92 Å². The molecular formula is C14H22ClN3. The molecule has 18 heavy (non-hydrogen) atoms. The Balaban J connectivity index is 2.20. The molecule has 0 saturated heterocycles. The molecule has 1 aliphatic rings. The van der Waals surface area contributed by atoms with Gasteiger partial charge in [-0.15, -0.1) is 0 Å². The number of aromatic nitrogens is 2. The molecule has 1 N–H and O–H groups in total. The molecule has 0 aliphatic heterocycles. The third-order valence-electron chi connectivity index (χ3n) is 3.91. The van der Waals surface area contributed by atoms with Crippen LogP contribution >= 0.6 is 11.6 Å². The molecule has 1 fully saturated rings. The van der Waals surface area contributed by atoms with Gasteiger partial charge in [0.05, 0.1) is 0 Å². The highest BCUT2D eigenvalue weighted by molar-refractivity contribution is 6.30. The molecular weight excluding hydrogens is 246 g/mol. The Labute approximate surface area is 114 Å². The molecule has 1 aromatic heterocycles. The Hall–Kier alpha value is -0.830. The predicted molar refractivity (Wildman–Crippen MR) is 76.3 cm³/mol. The van der Waals surface area contributed by atoms with Crippen molar-refractivity contribution in [1.29, 1.82) is 0 Å². The fraction of sp³-hybridized carbons (Fsp3) is 0.714. The summed E-state index contributed by atoms with van der Waals surface area (Å²) in [4.78, 5) is 9.03. The van der Waals surface area contributed by atoms with Crippen LogP contribution in [0.5, 0.6) is 0 Å². The van der Waals surface area contributed by atoms with Crippen LogP contribution in [0.1, 0.15) is 57.3 Å². The molecule has 4 heteroatoms. The van der Waals surface area contributed by atoms with Crippen molar-refractivity contribution in [3.63, 3.8) is 0 Å². The Morgan fingerprint density at radius 3 is 2.56 bits per heavy atom. The van der Waals surface area contributed by atoms with E-state index in [9.17, 15) is 0 Å². The summed E-state index contributed by atoms with van der Waals surface area (Å²) >= 11 is 6.20. The lowest BCUT2D eigenvalue weighted by molar-refractivity contribution is 0.493. The Kier molecular flexibility index (Phi) is 4.10. The summed E-state index contributed by atoms with van der Waals surface area (Å²) in [5.74, 6) is 2.96. The normalized spacial score (nSPS) is 18.5. The van der Waals surface area contributed by atoms with Crippen LogP contribution in [0.15, 0.2) is 0 Å². The van der Waals surface area contributed by atoms with E-state index in [2.05, 4.69) is 36.1 Å². The van der Waals surface area contributed by atoms with E-state index in [0.717, 1.165) is 23.6 Å². The van der Waals surface area contributed by atoms with Crippen LogP contribution in [-0.4, -0.2) is 16.0 Å². The third-order valence-corrected chi connectivity index (χ3v) is 4.28. The first kappa shape index (κ1) is 13.6. The monoisotopic (exact) mass is 267 g/mol. The Morgan fingerprint density at radius 1 is 1.33 bits per heavy atom. The average molecular weight is 268 g/mol. The van der Waals surface area contributed by atoms with Gasteiger partial charge >= 0.3 is 0 Å². The standard InChI is InChI=1S/C14H22ClN3/c1-5-8(2)10(4)16-13-9(3)12(15)17-14(18-13)11-6-7-11/h8,10-11H,5-7H2,1-4H3,(H,16,17,18). The molecule has 0 bridgehead atoms. The second-order valence-corrected chi connectivity index (χ2v) is 5.80. The zero-order valence-electron chi connectivity index (χ0n) is 11.6. The van der Waals surface area contributed by atoms with Gasteiger partial charge in [0.2, 0.25) is 0 Å². The topological polar surface area (TPSA) is 37.8 Å². The zero-order chi connectivity index (χ0) is 13.3. The van der Waals surface area contributed by atoms with Gasteiger partial charge in [-0.3, -0.25) is 0 Å². The van der Waals surface area contributed by atoms with Crippen LogP contribution < -0.4 is 5.32 Å². The molecule has 0 radical (unpaired) electrons. The summed E-state index contributed by atoms with van der Waals surface area (Å²) in [6.07, 6.45) is 3.54. The van der Waals surface area contributed by atoms with Crippen molar-refractivity contribution >= 4 is 17.4 Å².